The van der Waals surface area contributed by atoms with Crippen molar-refractivity contribution in [2.24, 2.45) is 0 Å². The van der Waals surface area contributed by atoms with Crippen LogP contribution in [-0.4, -0.2) is 21.5 Å². The summed E-state index contributed by atoms with van der Waals surface area (Å²) >= 11 is 2.35. The first-order chi connectivity index (χ1) is 9.76. The molecule has 1 aromatic carbocycles. The Morgan fingerprint density at radius 2 is 2.15 bits per heavy atom. The number of benzene rings is 1. The van der Waals surface area contributed by atoms with E-state index in [1.807, 2.05) is 10.9 Å². The van der Waals surface area contributed by atoms with Crippen LogP contribution in [0, 0.1) is 3.57 Å². The third kappa shape index (κ3) is 3.79. The van der Waals surface area contributed by atoms with Crippen LogP contribution < -0.4 is 5.32 Å². The third-order valence-corrected chi connectivity index (χ3v) is 3.83. The lowest BCUT2D eigenvalue weighted by Crippen LogP contribution is -2.26. The SMILES string of the molecule is CCCNC(c1cccc(I)c1)c1cnnn1CCC. The molecule has 0 saturated heterocycles. The van der Waals surface area contributed by atoms with Crippen LogP contribution in [0.4, 0.5) is 0 Å². The predicted octanol–water partition coefficient (Wildman–Crippen LogP) is 3.38. The standard InChI is InChI=1S/C15H21IN4/c1-3-8-17-15(12-6-5-7-13(16)10-12)14-11-18-19-20(14)9-4-2/h5-7,10-11,15,17H,3-4,8-9H2,1-2H3. The topological polar surface area (TPSA) is 42.7 Å². The molecule has 1 heterocycles. The zero-order chi connectivity index (χ0) is 14.4. The molecule has 1 unspecified atom stereocenters. The normalized spacial score (nSPS) is 12.6. The van der Waals surface area contributed by atoms with Gasteiger partial charge in [0.1, 0.15) is 0 Å². The summed E-state index contributed by atoms with van der Waals surface area (Å²) in [5.41, 5.74) is 2.41. The van der Waals surface area contributed by atoms with Crippen molar-refractivity contribution >= 4 is 22.6 Å². The first-order valence-electron chi connectivity index (χ1n) is 7.13. The molecule has 108 valence electrons. The highest BCUT2D eigenvalue weighted by Gasteiger charge is 2.18. The smallest absolute Gasteiger partial charge is 0.0802 e. The minimum Gasteiger partial charge on any atom is -0.305 e. The van der Waals surface area contributed by atoms with E-state index in [-0.39, 0.29) is 6.04 Å². The fourth-order valence-electron chi connectivity index (χ4n) is 2.24. The highest BCUT2D eigenvalue weighted by atomic mass is 127. The van der Waals surface area contributed by atoms with Gasteiger partial charge in [0.2, 0.25) is 0 Å². The lowest BCUT2D eigenvalue weighted by atomic mass is 10.0. The Bertz CT molecular complexity index is 538. The molecule has 0 radical (unpaired) electrons. The number of aryl methyl sites for hydroxylation is 1. The summed E-state index contributed by atoms with van der Waals surface area (Å²) in [5, 5.41) is 11.9. The van der Waals surface area contributed by atoms with Crippen molar-refractivity contribution in [2.75, 3.05) is 6.54 Å². The maximum Gasteiger partial charge on any atom is 0.0802 e. The van der Waals surface area contributed by atoms with Gasteiger partial charge in [-0.1, -0.05) is 31.2 Å². The van der Waals surface area contributed by atoms with E-state index in [0.717, 1.165) is 31.6 Å². The summed E-state index contributed by atoms with van der Waals surface area (Å²) in [7, 11) is 0. The first kappa shape index (κ1) is 15.4. The monoisotopic (exact) mass is 384 g/mol. The Labute approximate surface area is 134 Å². The number of hydrogen-bond acceptors (Lipinski definition) is 3. The van der Waals surface area contributed by atoms with E-state index >= 15 is 0 Å². The van der Waals surface area contributed by atoms with Crippen molar-refractivity contribution in [3.05, 3.63) is 45.3 Å². The van der Waals surface area contributed by atoms with Crippen LogP contribution in [0.1, 0.15) is 44.0 Å². The molecular formula is C15H21IN4. The summed E-state index contributed by atoms with van der Waals surface area (Å²) in [6.07, 6.45) is 4.04. The molecule has 0 bridgehead atoms. The second kappa shape index (κ2) is 7.73. The van der Waals surface area contributed by atoms with Crippen molar-refractivity contribution in [2.45, 2.75) is 39.3 Å². The average molecular weight is 384 g/mol. The summed E-state index contributed by atoms with van der Waals surface area (Å²) in [5.74, 6) is 0. The summed E-state index contributed by atoms with van der Waals surface area (Å²) in [4.78, 5) is 0. The van der Waals surface area contributed by atoms with E-state index in [1.54, 1.807) is 0 Å². The third-order valence-electron chi connectivity index (χ3n) is 3.16. The zero-order valence-electron chi connectivity index (χ0n) is 12.0. The van der Waals surface area contributed by atoms with Crippen LogP contribution >= 0.6 is 22.6 Å². The maximum absolute atomic E-state index is 4.21. The van der Waals surface area contributed by atoms with Gasteiger partial charge in [-0.05, 0) is 59.7 Å². The van der Waals surface area contributed by atoms with Gasteiger partial charge in [-0.3, -0.25) is 0 Å². The minimum atomic E-state index is 0.159. The van der Waals surface area contributed by atoms with E-state index in [4.69, 9.17) is 0 Å². The highest BCUT2D eigenvalue weighted by molar-refractivity contribution is 14.1. The largest absolute Gasteiger partial charge is 0.305 e. The molecule has 0 fully saturated rings. The van der Waals surface area contributed by atoms with Crippen LogP contribution in [0.5, 0.6) is 0 Å². The maximum atomic E-state index is 4.21. The highest BCUT2D eigenvalue weighted by Crippen LogP contribution is 2.23. The van der Waals surface area contributed by atoms with Gasteiger partial charge in [0.15, 0.2) is 0 Å². The van der Waals surface area contributed by atoms with Gasteiger partial charge in [-0.2, -0.15) is 0 Å². The van der Waals surface area contributed by atoms with Crippen molar-refractivity contribution in [3.63, 3.8) is 0 Å². The van der Waals surface area contributed by atoms with Gasteiger partial charge in [0.05, 0.1) is 17.9 Å². The van der Waals surface area contributed by atoms with Gasteiger partial charge in [-0.25, -0.2) is 4.68 Å². The number of halogens is 1. The average Bonchev–Trinajstić information content (AvgIpc) is 2.88. The van der Waals surface area contributed by atoms with Gasteiger partial charge >= 0.3 is 0 Å². The molecule has 0 spiro atoms. The predicted molar refractivity (Wildman–Crippen MR) is 89.6 cm³/mol. The molecule has 2 aromatic rings. The quantitative estimate of drug-likeness (QED) is 0.745. The second-order valence-corrected chi connectivity index (χ2v) is 6.07. The molecule has 0 aliphatic rings. The van der Waals surface area contributed by atoms with Gasteiger partial charge in [0.25, 0.3) is 0 Å². The van der Waals surface area contributed by atoms with E-state index in [9.17, 15) is 0 Å². The van der Waals surface area contributed by atoms with E-state index in [2.05, 4.69) is 76.3 Å². The van der Waals surface area contributed by atoms with Gasteiger partial charge in [-0.15, -0.1) is 5.10 Å². The molecule has 1 N–H and O–H groups in total. The summed E-state index contributed by atoms with van der Waals surface area (Å²) < 4.78 is 3.26. The lowest BCUT2D eigenvalue weighted by Gasteiger charge is -2.20. The molecule has 0 aliphatic carbocycles. The minimum absolute atomic E-state index is 0.159. The van der Waals surface area contributed by atoms with Gasteiger partial charge in [0, 0.05) is 10.1 Å². The Morgan fingerprint density at radius 1 is 1.30 bits per heavy atom. The van der Waals surface area contributed by atoms with Crippen LogP contribution in [0.25, 0.3) is 0 Å². The van der Waals surface area contributed by atoms with Crippen LogP contribution in [0.15, 0.2) is 30.5 Å². The van der Waals surface area contributed by atoms with Crippen molar-refractivity contribution in [1.29, 1.82) is 0 Å². The van der Waals surface area contributed by atoms with Crippen molar-refractivity contribution in [1.82, 2.24) is 20.3 Å². The molecule has 1 aromatic heterocycles. The Morgan fingerprint density at radius 3 is 2.85 bits per heavy atom. The second-order valence-electron chi connectivity index (χ2n) is 4.82. The molecule has 20 heavy (non-hydrogen) atoms. The molecule has 5 heteroatoms. The van der Waals surface area contributed by atoms with Crippen LogP contribution in [-0.2, 0) is 6.54 Å². The lowest BCUT2D eigenvalue weighted by molar-refractivity contribution is 0.504. The zero-order valence-corrected chi connectivity index (χ0v) is 14.2. The van der Waals surface area contributed by atoms with E-state index in [1.165, 1.54) is 9.13 Å². The molecular weight excluding hydrogens is 363 g/mol. The Hall–Kier alpha value is -0.950. The number of nitrogens with zero attached hydrogens (tertiary/aromatic N) is 3. The Balaban J connectivity index is 2.33. The van der Waals surface area contributed by atoms with E-state index in [0.29, 0.717) is 0 Å². The molecule has 2 rings (SSSR count). The molecule has 1 atom stereocenters. The molecule has 0 saturated carbocycles. The van der Waals surface area contributed by atoms with Gasteiger partial charge < -0.3 is 5.32 Å². The fraction of sp³-hybridized carbons (Fsp3) is 0.467. The number of nitrogens with one attached hydrogen (secondary N) is 1. The van der Waals surface area contributed by atoms with Crippen LogP contribution in [0.2, 0.25) is 0 Å². The molecule has 0 aliphatic heterocycles. The number of aromatic nitrogens is 3. The van der Waals surface area contributed by atoms with Crippen LogP contribution in [0.3, 0.4) is 0 Å². The van der Waals surface area contributed by atoms with Crippen molar-refractivity contribution < 1.29 is 0 Å². The van der Waals surface area contributed by atoms with Crippen molar-refractivity contribution in [3.8, 4) is 0 Å². The fourth-order valence-corrected chi connectivity index (χ4v) is 2.81. The first-order valence-corrected chi connectivity index (χ1v) is 8.21. The van der Waals surface area contributed by atoms with E-state index < -0.39 is 0 Å². The molecule has 4 nitrogen and oxygen atoms in total. The molecule has 0 amide bonds. The summed E-state index contributed by atoms with van der Waals surface area (Å²) in [6.45, 7) is 6.23. The summed E-state index contributed by atoms with van der Waals surface area (Å²) in [6, 6.07) is 8.76. The number of rotatable bonds is 7. The number of hydrogen-bond donors (Lipinski definition) is 1. The Kier molecular flexibility index (Phi) is 5.97.